The fourth-order valence-electron chi connectivity index (χ4n) is 5.36. The maximum atomic E-state index is 12.6. The molecule has 9 nitrogen and oxygen atoms in total. The maximum absolute atomic E-state index is 12.6. The molecule has 0 spiro atoms. The van der Waals surface area contributed by atoms with Crippen LogP contribution in [0.1, 0.15) is 174 Å². The molecule has 2 atom stereocenters. The minimum atomic E-state index is -4.36. The first kappa shape index (κ1) is 47.8. The summed E-state index contributed by atoms with van der Waals surface area (Å²) in [6, 6.07) is 0. The molecule has 0 heterocycles. The van der Waals surface area contributed by atoms with Crippen LogP contribution in [0.4, 0.5) is 0 Å². The number of allylic oxidation sites excluding steroid dienone is 2. The first-order valence-electron chi connectivity index (χ1n) is 19.9. The van der Waals surface area contributed by atoms with Crippen LogP contribution >= 0.6 is 7.82 Å². The van der Waals surface area contributed by atoms with Crippen LogP contribution in [0.15, 0.2) is 12.2 Å². The van der Waals surface area contributed by atoms with Crippen molar-refractivity contribution in [1.82, 2.24) is 0 Å². The molecule has 0 saturated carbocycles. The third kappa shape index (κ3) is 36.3. The predicted molar refractivity (Wildman–Crippen MR) is 201 cm³/mol. The molecule has 49 heavy (non-hydrogen) atoms. The van der Waals surface area contributed by atoms with E-state index in [9.17, 15) is 19.0 Å². The number of hydrogen-bond acceptors (Lipinski definition) is 7. The van der Waals surface area contributed by atoms with Gasteiger partial charge in [-0.3, -0.25) is 18.6 Å². The Morgan fingerprint density at radius 3 is 1.51 bits per heavy atom. The van der Waals surface area contributed by atoms with E-state index in [2.05, 4.69) is 26.0 Å². The Balaban J connectivity index is 4.42. The van der Waals surface area contributed by atoms with Crippen LogP contribution in [-0.2, 0) is 32.7 Å². The summed E-state index contributed by atoms with van der Waals surface area (Å²) in [5.74, 6) is -0.805. The zero-order valence-electron chi connectivity index (χ0n) is 32.4. The summed E-state index contributed by atoms with van der Waals surface area (Å²) in [4.78, 5) is 35.2. The summed E-state index contributed by atoms with van der Waals surface area (Å²) in [5, 5.41) is 0. The zero-order valence-corrected chi connectivity index (χ0v) is 33.3. The lowest BCUT2D eigenvalue weighted by atomic mass is 10.1. The van der Waals surface area contributed by atoms with E-state index in [4.69, 9.17) is 18.5 Å². The molecular weight excluding hydrogens is 641 g/mol. The lowest BCUT2D eigenvalue weighted by molar-refractivity contribution is -0.870. The Kier molecular flexibility index (Phi) is 31.8. The lowest BCUT2D eigenvalue weighted by Crippen LogP contribution is -2.37. The van der Waals surface area contributed by atoms with Gasteiger partial charge in [-0.15, -0.1) is 0 Å². The lowest BCUT2D eigenvalue weighted by Gasteiger charge is -2.24. The number of phosphoric ester groups is 1. The number of rotatable bonds is 36. The quantitative estimate of drug-likeness (QED) is 0.0224. The second-order valence-electron chi connectivity index (χ2n) is 14.7. The van der Waals surface area contributed by atoms with Crippen LogP contribution in [0.3, 0.4) is 0 Å². The van der Waals surface area contributed by atoms with Gasteiger partial charge in [0, 0.05) is 12.8 Å². The Morgan fingerprint density at radius 2 is 1.04 bits per heavy atom. The highest BCUT2D eigenvalue weighted by molar-refractivity contribution is 7.47. The van der Waals surface area contributed by atoms with E-state index in [1.54, 1.807) is 0 Å². The average Bonchev–Trinajstić information content (AvgIpc) is 3.04. The molecule has 0 aliphatic carbocycles. The molecule has 0 aromatic rings. The summed E-state index contributed by atoms with van der Waals surface area (Å²) in [6.07, 6.45) is 31.1. The number of carbonyl (C=O) groups is 2. The molecule has 290 valence electrons. The fraction of sp³-hybridized carbons (Fsp3) is 0.897. The Hall–Kier alpha value is -1.25. The molecule has 0 radical (unpaired) electrons. The van der Waals surface area contributed by atoms with Crippen molar-refractivity contribution in [2.75, 3.05) is 47.5 Å². The predicted octanol–water partition coefficient (Wildman–Crippen LogP) is 10.6. The number of hydrogen-bond donors (Lipinski definition) is 1. The van der Waals surface area contributed by atoms with Crippen molar-refractivity contribution in [3.05, 3.63) is 12.2 Å². The standard InChI is InChI=1S/C39H76NO8P/c1-6-8-10-12-14-16-18-19-20-22-24-26-28-30-32-39(42)48-37(36-47-49(43,44)46-34-33-40(3,4)5)35-45-38(41)31-29-27-25-23-21-17-15-13-11-9-7-2/h18-19,37H,6-17,20-36H2,1-5H3/p+1/b19-18-. The van der Waals surface area contributed by atoms with E-state index in [0.29, 0.717) is 23.9 Å². The highest BCUT2D eigenvalue weighted by Gasteiger charge is 2.27. The van der Waals surface area contributed by atoms with Crippen molar-refractivity contribution < 1.29 is 42.1 Å². The van der Waals surface area contributed by atoms with Crippen LogP contribution in [0.25, 0.3) is 0 Å². The molecule has 0 aromatic heterocycles. The van der Waals surface area contributed by atoms with E-state index >= 15 is 0 Å². The van der Waals surface area contributed by atoms with Crippen LogP contribution in [0, 0.1) is 0 Å². The number of likely N-dealkylation sites (N-methyl/N-ethyl adjacent to an activating group) is 1. The number of phosphoric acid groups is 1. The largest absolute Gasteiger partial charge is 0.472 e. The summed E-state index contributed by atoms with van der Waals surface area (Å²) in [7, 11) is 1.48. The third-order valence-electron chi connectivity index (χ3n) is 8.55. The van der Waals surface area contributed by atoms with Gasteiger partial charge in [-0.25, -0.2) is 4.57 Å². The average molecular weight is 719 g/mol. The molecule has 0 aliphatic heterocycles. The smallest absolute Gasteiger partial charge is 0.462 e. The van der Waals surface area contributed by atoms with Crippen molar-refractivity contribution in [3.63, 3.8) is 0 Å². The fourth-order valence-corrected chi connectivity index (χ4v) is 6.10. The summed E-state index contributed by atoms with van der Waals surface area (Å²) >= 11 is 0. The van der Waals surface area contributed by atoms with E-state index < -0.39 is 26.5 Å². The van der Waals surface area contributed by atoms with Crippen LogP contribution in [0.5, 0.6) is 0 Å². The molecule has 0 amide bonds. The molecular formula is C39H77NO8P+. The van der Waals surface area contributed by atoms with E-state index in [-0.39, 0.29) is 25.6 Å². The summed E-state index contributed by atoms with van der Waals surface area (Å²) < 4.78 is 34.2. The van der Waals surface area contributed by atoms with E-state index in [1.165, 1.54) is 89.9 Å². The number of esters is 2. The van der Waals surface area contributed by atoms with Crippen LogP contribution in [-0.4, -0.2) is 74.9 Å². The molecule has 0 saturated heterocycles. The van der Waals surface area contributed by atoms with Crippen molar-refractivity contribution in [2.24, 2.45) is 0 Å². The first-order chi connectivity index (χ1) is 23.5. The van der Waals surface area contributed by atoms with Crippen molar-refractivity contribution in [2.45, 2.75) is 180 Å². The van der Waals surface area contributed by atoms with Crippen molar-refractivity contribution in [1.29, 1.82) is 0 Å². The van der Waals surface area contributed by atoms with Gasteiger partial charge < -0.3 is 18.9 Å². The molecule has 0 fully saturated rings. The molecule has 0 bridgehead atoms. The van der Waals surface area contributed by atoms with Gasteiger partial charge in [-0.2, -0.15) is 0 Å². The molecule has 0 aliphatic rings. The van der Waals surface area contributed by atoms with Gasteiger partial charge in [-0.05, 0) is 38.5 Å². The minimum Gasteiger partial charge on any atom is -0.462 e. The van der Waals surface area contributed by atoms with Gasteiger partial charge in [0.15, 0.2) is 6.10 Å². The second kappa shape index (κ2) is 32.6. The van der Waals surface area contributed by atoms with Gasteiger partial charge in [0.05, 0.1) is 27.7 Å². The Bertz CT molecular complexity index is 860. The maximum Gasteiger partial charge on any atom is 0.472 e. The minimum absolute atomic E-state index is 0.0328. The van der Waals surface area contributed by atoms with Crippen molar-refractivity contribution in [3.8, 4) is 0 Å². The van der Waals surface area contributed by atoms with E-state index in [1.807, 2.05) is 21.1 Å². The van der Waals surface area contributed by atoms with Gasteiger partial charge in [-0.1, -0.05) is 135 Å². The zero-order chi connectivity index (χ0) is 36.5. The third-order valence-corrected chi connectivity index (χ3v) is 9.53. The summed E-state index contributed by atoms with van der Waals surface area (Å²) in [6.45, 7) is 4.39. The Morgan fingerprint density at radius 1 is 0.612 bits per heavy atom. The highest BCUT2D eigenvalue weighted by Crippen LogP contribution is 2.43. The number of ether oxygens (including phenoxy) is 2. The molecule has 2 unspecified atom stereocenters. The van der Waals surface area contributed by atoms with Gasteiger partial charge in [0.1, 0.15) is 19.8 Å². The van der Waals surface area contributed by atoms with E-state index in [0.717, 1.165) is 51.4 Å². The topological polar surface area (TPSA) is 108 Å². The first-order valence-corrected chi connectivity index (χ1v) is 21.4. The number of nitrogens with zero attached hydrogens (tertiary/aromatic N) is 1. The van der Waals surface area contributed by atoms with Gasteiger partial charge >= 0.3 is 19.8 Å². The molecule has 1 N–H and O–H groups in total. The highest BCUT2D eigenvalue weighted by atomic mass is 31.2. The van der Waals surface area contributed by atoms with Crippen LogP contribution < -0.4 is 0 Å². The normalized spacial score (nSPS) is 13.8. The van der Waals surface area contributed by atoms with Crippen molar-refractivity contribution >= 4 is 19.8 Å². The number of carbonyl (C=O) groups excluding carboxylic acids is 2. The SMILES string of the molecule is CCCCCCC/C=C\CCCCCCCC(=O)OC(COC(=O)CCCCCCCCCCCCC)COP(=O)(O)OCC[N+](C)(C)C. The summed E-state index contributed by atoms with van der Waals surface area (Å²) in [5.41, 5.74) is 0. The molecule has 0 rings (SSSR count). The molecule has 0 aromatic carbocycles. The van der Waals surface area contributed by atoms with Gasteiger partial charge in [0.25, 0.3) is 0 Å². The Labute approximate surface area is 301 Å². The monoisotopic (exact) mass is 719 g/mol. The number of quaternary nitrogens is 1. The molecule has 10 heteroatoms. The van der Waals surface area contributed by atoms with Crippen LogP contribution in [0.2, 0.25) is 0 Å². The number of unbranched alkanes of at least 4 members (excludes halogenated alkanes) is 20. The second-order valence-corrected chi connectivity index (χ2v) is 16.1. The van der Waals surface area contributed by atoms with Gasteiger partial charge in [0.2, 0.25) is 0 Å².